The van der Waals surface area contributed by atoms with Crippen molar-refractivity contribution < 1.29 is 9.53 Å². The van der Waals surface area contributed by atoms with E-state index >= 15 is 0 Å². The number of nitriles is 1. The van der Waals surface area contributed by atoms with E-state index in [0.29, 0.717) is 5.92 Å². The smallest absolute Gasteiger partial charge is 0.320 e. The number of ether oxygens (including phenoxy) is 1. The SMILES string of the molecule is CC(C)(OC(=O)CC#N)C1CCNCC1. The van der Waals surface area contributed by atoms with Gasteiger partial charge in [0, 0.05) is 5.92 Å². The zero-order valence-corrected chi connectivity index (χ0v) is 9.38. The van der Waals surface area contributed by atoms with E-state index in [-0.39, 0.29) is 6.42 Å². The van der Waals surface area contributed by atoms with Crippen LogP contribution < -0.4 is 5.32 Å². The summed E-state index contributed by atoms with van der Waals surface area (Å²) in [7, 11) is 0. The van der Waals surface area contributed by atoms with Crippen LogP contribution in [-0.2, 0) is 9.53 Å². The maximum Gasteiger partial charge on any atom is 0.320 e. The van der Waals surface area contributed by atoms with Gasteiger partial charge in [-0.1, -0.05) is 0 Å². The number of nitrogens with zero attached hydrogens (tertiary/aromatic N) is 1. The summed E-state index contributed by atoms with van der Waals surface area (Å²) in [4.78, 5) is 11.2. The second-order valence-corrected chi connectivity index (χ2v) is 4.44. The number of hydrogen-bond acceptors (Lipinski definition) is 4. The first kappa shape index (κ1) is 12.0. The number of nitrogens with one attached hydrogen (secondary N) is 1. The Morgan fingerprint density at radius 2 is 2.13 bits per heavy atom. The Labute approximate surface area is 90.6 Å². The number of piperidine rings is 1. The van der Waals surface area contributed by atoms with Crippen LogP contribution >= 0.6 is 0 Å². The minimum absolute atomic E-state index is 0.158. The van der Waals surface area contributed by atoms with Crippen molar-refractivity contribution in [3.05, 3.63) is 0 Å². The molecule has 0 amide bonds. The molecule has 0 aromatic carbocycles. The van der Waals surface area contributed by atoms with Gasteiger partial charge in [-0.2, -0.15) is 5.26 Å². The van der Waals surface area contributed by atoms with Gasteiger partial charge < -0.3 is 10.1 Å². The van der Waals surface area contributed by atoms with E-state index < -0.39 is 11.6 Å². The molecule has 1 aliphatic heterocycles. The van der Waals surface area contributed by atoms with Crippen LogP contribution in [0.15, 0.2) is 0 Å². The standard InChI is InChI=1S/C11H18N2O2/c1-11(2,15-10(14)3-6-12)9-4-7-13-8-5-9/h9,13H,3-5,7-8H2,1-2H3. The normalized spacial score (nSPS) is 18.2. The molecule has 0 radical (unpaired) electrons. The maximum atomic E-state index is 11.2. The van der Waals surface area contributed by atoms with E-state index in [1.807, 2.05) is 13.8 Å². The molecule has 0 bridgehead atoms. The summed E-state index contributed by atoms with van der Waals surface area (Å²) in [5, 5.41) is 11.7. The molecule has 0 aliphatic carbocycles. The Morgan fingerprint density at radius 3 is 2.67 bits per heavy atom. The average molecular weight is 210 g/mol. The van der Waals surface area contributed by atoms with Crippen molar-refractivity contribution in [3.8, 4) is 6.07 Å². The lowest BCUT2D eigenvalue weighted by molar-refractivity contribution is -0.161. The molecule has 0 saturated carbocycles. The molecular formula is C11H18N2O2. The Balaban J connectivity index is 2.49. The van der Waals surface area contributed by atoms with Crippen molar-refractivity contribution in [2.75, 3.05) is 13.1 Å². The van der Waals surface area contributed by atoms with Gasteiger partial charge in [-0.3, -0.25) is 4.79 Å². The monoisotopic (exact) mass is 210 g/mol. The molecule has 0 aromatic heterocycles. The van der Waals surface area contributed by atoms with Gasteiger partial charge in [-0.05, 0) is 39.8 Å². The summed E-state index contributed by atoms with van der Waals surface area (Å²) in [5.41, 5.74) is -0.448. The van der Waals surface area contributed by atoms with Crippen LogP contribution in [0.3, 0.4) is 0 Å². The van der Waals surface area contributed by atoms with Crippen molar-refractivity contribution in [3.63, 3.8) is 0 Å². The Bertz CT molecular complexity index is 262. The molecule has 1 heterocycles. The van der Waals surface area contributed by atoms with Crippen molar-refractivity contribution in [2.45, 2.75) is 38.7 Å². The number of esters is 1. The van der Waals surface area contributed by atoms with E-state index in [0.717, 1.165) is 25.9 Å². The van der Waals surface area contributed by atoms with Crippen LogP contribution in [0.1, 0.15) is 33.1 Å². The topological polar surface area (TPSA) is 62.1 Å². The molecule has 0 aromatic rings. The number of rotatable bonds is 3. The lowest BCUT2D eigenvalue weighted by atomic mass is 9.83. The summed E-state index contributed by atoms with van der Waals surface area (Å²) in [6.07, 6.45) is 1.88. The summed E-state index contributed by atoms with van der Waals surface area (Å²) in [6, 6.07) is 1.81. The predicted molar refractivity (Wildman–Crippen MR) is 56.0 cm³/mol. The second-order valence-electron chi connectivity index (χ2n) is 4.44. The van der Waals surface area contributed by atoms with Crippen LogP contribution in [0.25, 0.3) is 0 Å². The van der Waals surface area contributed by atoms with Crippen molar-refractivity contribution in [1.29, 1.82) is 5.26 Å². The molecule has 15 heavy (non-hydrogen) atoms. The van der Waals surface area contributed by atoms with E-state index in [1.54, 1.807) is 6.07 Å². The molecule has 4 heteroatoms. The zero-order valence-electron chi connectivity index (χ0n) is 9.38. The fourth-order valence-electron chi connectivity index (χ4n) is 1.99. The quantitative estimate of drug-likeness (QED) is 0.711. The van der Waals surface area contributed by atoms with Crippen LogP contribution in [0.5, 0.6) is 0 Å². The molecule has 1 aliphatic rings. The molecule has 0 atom stereocenters. The molecule has 84 valence electrons. The maximum absolute atomic E-state index is 11.2. The predicted octanol–water partition coefficient (Wildman–Crippen LogP) is 1.22. The van der Waals surface area contributed by atoms with Gasteiger partial charge in [0.1, 0.15) is 12.0 Å². The van der Waals surface area contributed by atoms with Gasteiger partial charge in [-0.15, -0.1) is 0 Å². The highest BCUT2D eigenvalue weighted by atomic mass is 16.6. The minimum atomic E-state index is -0.448. The van der Waals surface area contributed by atoms with Crippen LogP contribution in [0.4, 0.5) is 0 Å². The molecule has 4 nitrogen and oxygen atoms in total. The molecule has 1 N–H and O–H groups in total. The summed E-state index contributed by atoms with van der Waals surface area (Å²) in [6.45, 7) is 5.81. The molecule has 1 rings (SSSR count). The van der Waals surface area contributed by atoms with Gasteiger partial charge in [0.15, 0.2) is 0 Å². The van der Waals surface area contributed by atoms with Crippen molar-refractivity contribution in [1.82, 2.24) is 5.32 Å². The van der Waals surface area contributed by atoms with E-state index in [1.165, 1.54) is 0 Å². The summed E-state index contributed by atoms with van der Waals surface area (Å²) in [5.74, 6) is -0.0255. The van der Waals surface area contributed by atoms with E-state index in [2.05, 4.69) is 5.32 Å². The van der Waals surface area contributed by atoms with Gasteiger partial charge in [0.25, 0.3) is 0 Å². The number of hydrogen-bond donors (Lipinski definition) is 1. The van der Waals surface area contributed by atoms with Gasteiger partial charge in [-0.25, -0.2) is 0 Å². The van der Waals surface area contributed by atoms with Gasteiger partial charge >= 0.3 is 5.97 Å². The molecule has 0 spiro atoms. The third kappa shape index (κ3) is 3.52. The van der Waals surface area contributed by atoms with Crippen LogP contribution in [0.2, 0.25) is 0 Å². The highest BCUT2D eigenvalue weighted by Crippen LogP contribution is 2.29. The highest BCUT2D eigenvalue weighted by molar-refractivity contribution is 5.72. The first-order chi connectivity index (χ1) is 7.06. The Morgan fingerprint density at radius 1 is 1.53 bits per heavy atom. The fraction of sp³-hybridized carbons (Fsp3) is 0.818. The minimum Gasteiger partial charge on any atom is -0.459 e. The van der Waals surface area contributed by atoms with Crippen molar-refractivity contribution in [2.24, 2.45) is 5.92 Å². The molecular weight excluding hydrogens is 192 g/mol. The van der Waals surface area contributed by atoms with Crippen molar-refractivity contribution >= 4 is 5.97 Å². The zero-order chi connectivity index (χ0) is 11.3. The third-order valence-electron chi connectivity index (χ3n) is 2.92. The van der Waals surface area contributed by atoms with E-state index in [4.69, 9.17) is 10.00 Å². The van der Waals surface area contributed by atoms with E-state index in [9.17, 15) is 4.79 Å². The van der Waals surface area contributed by atoms with Gasteiger partial charge in [0.05, 0.1) is 6.07 Å². The first-order valence-electron chi connectivity index (χ1n) is 5.36. The number of carbonyl (C=O) groups excluding carboxylic acids is 1. The fourth-order valence-corrected chi connectivity index (χ4v) is 1.99. The number of carbonyl (C=O) groups is 1. The van der Waals surface area contributed by atoms with Gasteiger partial charge in [0.2, 0.25) is 0 Å². The largest absolute Gasteiger partial charge is 0.459 e. The van der Waals surface area contributed by atoms with Crippen LogP contribution in [-0.4, -0.2) is 24.7 Å². The molecule has 1 fully saturated rings. The summed E-state index contributed by atoms with van der Waals surface area (Å²) >= 11 is 0. The lowest BCUT2D eigenvalue weighted by Gasteiger charge is -2.36. The highest BCUT2D eigenvalue weighted by Gasteiger charge is 2.33. The first-order valence-corrected chi connectivity index (χ1v) is 5.36. The Kier molecular flexibility index (Phi) is 4.10. The molecule has 0 unspecified atom stereocenters. The third-order valence-corrected chi connectivity index (χ3v) is 2.92. The Hall–Kier alpha value is -1.08. The summed E-state index contributed by atoms with van der Waals surface area (Å²) < 4.78 is 5.33. The lowest BCUT2D eigenvalue weighted by Crippen LogP contribution is -2.42. The molecule has 1 saturated heterocycles. The second kappa shape index (κ2) is 5.13. The van der Waals surface area contributed by atoms with Crippen LogP contribution in [0, 0.1) is 17.2 Å². The average Bonchev–Trinajstić information content (AvgIpc) is 2.18.